The third-order valence-electron chi connectivity index (χ3n) is 2.75. The molecule has 0 N–H and O–H groups in total. The van der Waals surface area contributed by atoms with Gasteiger partial charge in [-0.15, -0.1) is 23.1 Å². The molecule has 4 heteroatoms. The van der Waals surface area contributed by atoms with Crippen molar-refractivity contribution in [3.8, 4) is 0 Å². The lowest BCUT2D eigenvalue weighted by Gasteiger charge is -2.01. The number of benzene rings is 1. The average Bonchev–Trinajstić information content (AvgIpc) is 3.08. The Balaban J connectivity index is 1.65. The van der Waals surface area contributed by atoms with Gasteiger partial charge in [0.15, 0.2) is 0 Å². The van der Waals surface area contributed by atoms with E-state index in [0.717, 1.165) is 21.6 Å². The van der Waals surface area contributed by atoms with Crippen LogP contribution >= 0.6 is 34.7 Å². The fraction of sp³-hybridized carbons (Fsp3) is 0.308. The van der Waals surface area contributed by atoms with Crippen LogP contribution in [0.1, 0.15) is 29.5 Å². The highest BCUT2D eigenvalue weighted by Gasteiger charge is 2.25. The van der Waals surface area contributed by atoms with Crippen LogP contribution in [0.4, 0.5) is 0 Å². The molecule has 1 saturated carbocycles. The van der Waals surface area contributed by atoms with Crippen LogP contribution in [0.15, 0.2) is 34.5 Å². The van der Waals surface area contributed by atoms with E-state index in [-0.39, 0.29) is 0 Å². The van der Waals surface area contributed by atoms with Gasteiger partial charge >= 0.3 is 0 Å². The van der Waals surface area contributed by atoms with Gasteiger partial charge in [-0.3, -0.25) is 0 Å². The molecule has 1 heterocycles. The number of rotatable bonds is 4. The van der Waals surface area contributed by atoms with Crippen LogP contribution in [0.25, 0.3) is 0 Å². The summed E-state index contributed by atoms with van der Waals surface area (Å²) < 4.78 is 0. The van der Waals surface area contributed by atoms with Crippen LogP contribution in [0.5, 0.6) is 0 Å². The average molecular weight is 282 g/mol. The van der Waals surface area contributed by atoms with Gasteiger partial charge in [0.25, 0.3) is 0 Å². The molecule has 3 rings (SSSR count). The SMILES string of the molecule is Clc1ccccc1SCc1nc(C2CC2)cs1. The van der Waals surface area contributed by atoms with E-state index in [1.165, 1.54) is 23.5 Å². The Hall–Kier alpha value is -0.510. The molecule has 0 saturated heterocycles. The lowest BCUT2D eigenvalue weighted by Crippen LogP contribution is -1.82. The monoisotopic (exact) mass is 281 g/mol. The molecule has 1 aromatic carbocycles. The van der Waals surface area contributed by atoms with Crippen molar-refractivity contribution in [1.29, 1.82) is 0 Å². The molecule has 17 heavy (non-hydrogen) atoms. The van der Waals surface area contributed by atoms with Crippen LogP contribution in [0.2, 0.25) is 5.02 Å². The number of thioether (sulfide) groups is 1. The van der Waals surface area contributed by atoms with Crippen molar-refractivity contribution in [3.63, 3.8) is 0 Å². The first kappa shape index (κ1) is 11.6. The zero-order valence-electron chi connectivity index (χ0n) is 9.23. The van der Waals surface area contributed by atoms with Gasteiger partial charge in [-0.1, -0.05) is 23.7 Å². The molecule has 1 aromatic heterocycles. The Labute approximate surface area is 114 Å². The Kier molecular flexibility index (Phi) is 3.41. The molecule has 0 bridgehead atoms. The Morgan fingerprint density at radius 3 is 2.94 bits per heavy atom. The Morgan fingerprint density at radius 1 is 1.35 bits per heavy atom. The van der Waals surface area contributed by atoms with Crippen LogP contribution in [0, 0.1) is 0 Å². The van der Waals surface area contributed by atoms with Gasteiger partial charge in [0.1, 0.15) is 5.01 Å². The lowest BCUT2D eigenvalue weighted by molar-refractivity contribution is 1.03. The summed E-state index contributed by atoms with van der Waals surface area (Å²) in [5.41, 5.74) is 1.30. The fourth-order valence-electron chi connectivity index (χ4n) is 1.66. The summed E-state index contributed by atoms with van der Waals surface area (Å²) in [6, 6.07) is 7.97. The summed E-state index contributed by atoms with van der Waals surface area (Å²) in [6.45, 7) is 0. The van der Waals surface area contributed by atoms with Gasteiger partial charge in [-0.05, 0) is 25.0 Å². The molecule has 0 radical (unpaired) electrons. The third-order valence-corrected chi connectivity index (χ3v) is 5.33. The van der Waals surface area contributed by atoms with Crippen molar-refractivity contribution >= 4 is 34.7 Å². The Morgan fingerprint density at radius 2 is 2.18 bits per heavy atom. The minimum absolute atomic E-state index is 0.755. The second-order valence-electron chi connectivity index (χ2n) is 4.16. The topological polar surface area (TPSA) is 12.9 Å². The van der Waals surface area contributed by atoms with Crippen LogP contribution < -0.4 is 0 Å². The summed E-state index contributed by atoms with van der Waals surface area (Å²) in [5.74, 6) is 1.67. The zero-order valence-corrected chi connectivity index (χ0v) is 11.6. The number of hydrogen-bond donors (Lipinski definition) is 0. The fourth-order valence-corrected chi connectivity index (χ4v) is 3.79. The van der Waals surface area contributed by atoms with Gasteiger partial charge < -0.3 is 0 Å². The molecule has 88 valence electrons. The normalized spacial score (nSPS) is 15.1. The van der Waals surface area contributed by atoms with E-state index < -0.39 is 0 Å². The summed E-state index contributed by atoms with van der Waals surface area (Å²) in [5, 5.41) is 4.24. The molecule has 1 aliphatic rings. The molecule has 1 nitrogen and oxygen atoms in total. The number of aromatic nitrogens is 1. The molecule has 0 aliphatic heterocycles. The van der Waals surface area contributed by atoms with Gasteiger partial charge in [0.2, 0.25) is 0 Å². The maximum Gasteiger partial charge on any atom is 0.103 e. The van der Waals surface area contributed by atoms with Crippen molar-refractivity contribution in [2.75, 3.05) is 0 Å². The third kappa shape index (κ3) is 2.84. The first-order chi connectivity index (χ1) is 8.33. The highest BCUT2D eigenvalue weighted by atomic mass is 35.5. The molecule has 1 aliphatic carbocycles. The highest BCUT2D eigenvalue weighted by Crippen LogP contribution is 2.40. The first-order valence-corrected chi connectivity index (χ1v) is 7.89. The highest BCUT2D eigenvalue weighted by molar-refractivity contribution is 7.98. The van der Waals surface area contributed by atoms with Crippen molar-refractivity contribution in [2.45, 2.75) is 29.4 Å². The van der Waals surface area contributed by atoms with E-state index in [0.29, 0.717) is 0 Å². The maximum atomic E-state index is 6.12. The van der Waals surface area contributed by atoms with Crippen LogP contribution in [-0.4, -0.2) is 4.98 Å². The number of nitrogens with zero attached hydrogens (tertiary/aromatic N) is 1. The molecule has 1 fully saturated rings. The number of thiazole rings is 1. The predicted octanol–water partition coefficient (Wildman–Crippen LogP) is 4.97. The minimum Gasteiger partial charge on any atom is -0.245 e. The van der Waals surface area contributed by atoms with Crippen LogP contribution in [-0.2, 0) is 5.75 Å². The van der Waals surface area contributed by atoms with E-state index in [9.17, 15) is 0 Å². The molecule has 0 atom stereocenters. The lowest BCUT2D eigenvalue weighted by atomic mass is 10.3. The summed E-state index contributed by atoms with van der Waals surface area (Å²) >= 11 is 9.65. The van der Waals surface area contributed by atoms with Gasteiger partial charge in [-0.2, -0.15) is 0 Å². The summed E-state index contributed by atoms with van der Waals surface area (Å²) in [6.07, 6.45) is 2.64. The van der Waals surface area contributed by atoms with Gasteiger partial charge in [0, 0.05) is 16.2 Å². The summed E-state index contributed by atoms with van der Waals surface area (Å²) in [7, 11) is 0. The molecular formula is C13H12ClNS2. The second-order valence-corrected chi connectivity index (χ2v) is 6.53. The molecule has 2 aromatic rings. The molecular weight excluding hydrogens is 270 g/mol. The molecule has 0 spiro atoms. The number of hydrogen-bond acceptors (Lipinski definition) is 3. The van der Waals surface area contributed by atoms with E-state index in [1.807, 2.05) is 18.2 Å². The molecule has 0 unspecified atom stereocenters. The van der Waals surface area contributed by atoms with E-state index in [4.69, 9.17) is 11.6 Å². The minimum atomic E-state index is 0.755. The predicted molar refractivity (Wildman–Crippen MR) is 75.1 cm³/mol. The van der Waals surface area contributed by atoms with Gasteiger partial charge in [0.05, 0.1) is 16.5 Å². The van der Waals surface area contributed by atoms with Crippen molar-refractivity contribution in [1.82, 2.24) is 4.98 Å². The smallest absolute Gasteiger partial charge is 0.103 e. The molecule has 0 amide bonds. The Bertz CT molecular complexity index is 520. The van der Waals surface area contributed by atoms with Crippen LogP contribution in [0.3, 0.4) is 0 Å². The summed E-state index contributed by atoms with van der Waals surface area (Å²) in [4.78, 5) is 5.81. The van der Waals surface area contributed by atoms with E-state index in [1.54, 1.807) is 23.1 Å². The second kappa shape index (κ2) is 5.01. The first-order valence-electron chi connectivity index (χ1n) is 5.64. The maximum absolute atomic E-state index is 6.12. The zero-order chi connectivity index (χ0) is 11.7. The van der Waals surface area contributed by atoms with E-state index in [2.05, 4.69) is 16.4 Å². The standard InChI is InChI=1S/C13H12ClNS2/c14-10-3-1-2-4-12(10)16-8-13-15-11(7-17-13)9-5-6-9/h1-4,7,9H,5-6,8H2. The van der Waals surface area contributed by atoms with Crippen molar-refractivity contribution in [2.24, 2.45) is 0 Å². The van der Waals surface area contributed by atoms with Gasteiger partial charge in [-0.25, -0.2) is 4.98 Å². The number of halogens is 1. The van der Waals surface area contributed by atoms with Crippen molar-refractivity contribution < 1.29 is 0 Å². The quantitative estimate of drug-likeness (QED) is 0.734. The van der Waals surface area contributed by atoms with E-state index >= 15 is 0 Å². The van der Waals surface area contributed by atoms with Crippen molar-refractivity contribution in [3.05, 3.63) is 45.4 Å². The largest absolute Gasteiger partial charge is 0.245 e.